The van der Waals surface area contributed by atoms with Gasteiger partial charge in [0.25, 0.3) is 0 Å². The number of hydrogen-bond donors (Lipinski definition) is 0. The molecule has 0 spiro atoms. The molecule has 1 fully saturated rings. The Bertz CT molecular complexity index is 746. The Morgan fingerprint density at radius 3 is 2.92 bits per heavy atom. The lowest BCUT2D eigenvalue weighted by atomic mass is 10.1. The predicted octanol–water partition coefficient (Wildman–Crippen LogP) is 1.17. The largest absolute Gasteiger partial charge is 0.337 e. The van der Waals surface area contributed by atoms with Crippen LogP contribution in [0.4, 0.5) is 0 Å². The van der Waals surface area contributed by atoms with E-state index in [4.69, 9.17) is 4.52 Å². The summed E-state index contributed by atoms with van der Waals surface area (Å²) in [5.41, 5.74) is 0.817. The Balaban J connectivity index is 1.62. The molecule has 0 aromatic carbocycles. The minimum atomic E-state index is -0.347. The van der Waals surface area contributed by atoms with Gasteiger partial charge in [-0.3, -0.25) is 14.6 Å². The van der Waals surface area contributed by atoms with Crippen molar-refractivity contribution in [3.63, 3.8) is 0 Å². The van der Waals surface area contributed by atoms with Crippen LogP contribution in [-0.4, -0.2) is 49.8 Å². The van der Waals surface area contributed by atoms with Crippen LogP contribution in [0.1, 0.15) is 30.8 Å². The number of aryl methyl sites for hydroxylation is 1. The fraction of sp³-hybridized carbons (Fsp3) is 0.471. The Hall–Kier alpha value is -2.77. The van der Waals surface area contributed by atoms with Crippen LogP contribution in [0.2, 0.25) is 0 Å². The smallest absolute Gasteiger partial charge is 0.246 e. The molecule has 3 rings (SSSR count). The summed E-state index contributed by atoms with van der Waals surface area (Å²) in [6, 6.07) is 5.59. The maximum absolute atomic E-state index is 12.8. The summed E-state index contributed by atoms with van der Waals surface area (Å²) in [5.74, 6) is 0.516. The maximum Gasteiger partial charge on any atom is 0.246 e. The number of pyridine rings is 1. The summed E-state index contributed by atoms with van der Waals surface area (Å²) in [6.07, 6.45) is 1.93. The summed E-state index contributed by atoms with van der Waals surface area (Å²) in [6.45, 7) is 5.25. The second-order valence-electron chi connectivity index (χ2n) is 6.08. The van der Waals surface area contributed by atoms with Crippen molar-refractivity contribution in [2.75, 3.05) is 13.1 Å². The van der Waals surface area contributed by atoms with Gasteiger partial charge in [-0.15, -0.1) is 0 Å². The van der Waals surface area contributed by atoms with Gasteiger partial charge in [-0.25, -0.2) is 0 Å². The number of likely N-dealkylation sites (tertiary alicyclic amines) is 1. The molecule has 0 saturated carbocycles. The molecular formula is C17H21N5O3. The first-order valence-corrected chi connectivity index (χ1v) is 8.32. The summed E-state index contributed by atoms with van der Waals surface area (Å²) in [4.78, 5) is 36.7. The topological polar surface area (TPSA) is 92.4 Å². The fourth-order valence-corrected chi connectivity index (χ4v) is 2.95. The molecule has 1 saturated heterocycles. The van der Waals surface area contributed by atoms with Gasteiger partial charge >= 0.3 is 0 Å². The monoisotopic (exact) mass is 343 g/mol. The van der Waals surface area contributed by atoms with E-state index in [1.54, 1.807) is 22.9 Å². The zero-order valence-corrected chi connectivity index (χ0v) is 14.4. The molecule has 0 aliphatic carbocycles. The minimum Gasteiger partial charge on any atom is -0.337 e. The first-order valence-electron chi connectivity index (χ1n) is 8.32. The third-order valence-corrected chi connectivity index (χ3v) is 4.23. The van der Waals surface area contributed by atoms with E-state index in [2.05, 4.69) is 15.1 Å². The molecule has 1 aliphatic rings. The molecular weight excluding hydrogens is 322 g/mol. The number of amides is 2. The highest BCUT2D eigenvalue weighted by atomic mass is 16.5. The molecule has 132 valence electrons. The number of carbonyl (C=O) groups is 2. The fourth-order valence-electron chi connectivity index (χ4n) is 2.95. The van der Waals surface area contributed by atoms with Crippen LogP contribution < -0.4 is 0 Å². The summed E-state index contributed by atoms with van der Waals surface area (Å²) < 4.78 is 5.09. The van der Waals surface area contributed by atoms with Crippen molar-refractivity contribution in [2.24, 2.45) is 5.92 Å². The average molecular weight is 343 g/mol. The first-order chi connectivity index (χ1) is 12.1. The highest BCUT2D eigenvalue weighted by molar-refractivity contribution is 5.89. The zero-order chi connectivity index (χ0) is 17.8. The molecule has 0 N–H and O–H groups in total. The molecule has 0 unspecified atom stereocenters. The van der Waals surface area contributed by atoms with Crippen LogP contribution in [0.25, 0.3) is 0 Å². The normalized spacial score (nSPS) is 17.1. The number of rotatable bonds is 6. The summed E-state index contributed by atoms with van der Waals surface area (Å²) >= 11 is 0. The van der Waals surface area contributed by atoms with Crippen molar-refractivity contribution >= 4 is 11.8 Å². The standard InChI is InChI=1S/C17H21N5O3/c1-3-21(11-15-19-12(2)20-25-15)17(24)13-8-16(23)22(9-13)10-14-6-4-5-7-18-14/h4-7,13H,3,8-11H2,1-2H3/t13-/m1/s1. The zero-order valence-electron chi connectivity index (χ0n) is 14.4. The van der Waals surface area contributed by atoms with Gasteiger partial charge in [0.15, 0.2) is 5.82 Å². The van der Waals surface area contributed by atoms with Crippen molar-refractivity contribution in [2.45, 2.75) is 33.4 Å². The highest BCUT2D eigenvalue weighted by Crippen LogP contribution is 2.22. The first kappa shape index (κ1) is 17.1. The third kappa shape index (κ3) is 4.01. The van der Waals surface area contributed by atoms with Crippen molar-refractivity contribution in [3.05, 3.63) is 41.8 Å². The van der Waals surface area contributed by atoms with Crippen LogP contribution in [0.5, 0.6) is 0 Å². The van der Waals surface area contributed by atoms with E-state index in [-0.39, 0.29) is 30.7 Å². The molecule has 8 nitrogen and oxygen atoms in total. The van der Waals surface area contributed by atoms with Gasteiger partial charge in [0.05, 0.1) is 24.7 Å². The van der Waals surface area contributed by atoms with E-state index >= 15 is 0 Å². The second-order valence-corrected chi connectivity index (χ2v) is 6.08. The quantitative estimate of drug-likeness (QED) is 0.782. The Kier molecular flexibility index (Phi) is 5.06. The van der Waals surface area contributed by atoms with E-state index in [0.717, 1.165) is 5.69 Å². The summed E-state index contributed by atoms with van der Waals surface area (Å²) in [5, 5.41) is 3.74. The van der Waals surface area contributed by atoms with Gasteiger partial charge in [-0.2, -0.15) is 4.98 Å². The van der Waals surface area contributed by atoms with E-state index in [1.807, 2.05) is 25.1 Å². The van der Waals surface area contributed by atoms with Gasteiger partial charge in [0.1, 0.15) is 0 Å². The summed E-state index contributed by atoms with van der Waals surface area (Å²) in [7, 11) is 0. The molecule has 2 amide bonds. The molecule has 0 radical (unpaired) electrons. The van der Waals surface area contributed by atoms with Crippen LogP contribution in [0, 0.1) is 12.8 Å². The number of hydrogen-bond acceptors (Lipinski definition) is 6. The maximum atomic E-state index is 12.8. The van der Waals surface area contributed by atoms with E-state index in [1.165, 1.54) is 0 Å². The van der Waals surface area contributed by atoms with Crippen molar-refractivity contribution in [1.29, 1.82) is 0 Å². The van der Waals surface area contributed by atoms with Crippen molar-refractivity contribution in [3.8, 4) is 0 Å². The SMILES string of the molecule is CCN(Cc1nc(C)no1)C(=O)[C@@H]1CC(=O)N(Cc2ccccn2)C1. The van der Waals surface area contributed by atoms with Gasteiger partial charge in [0.2, 0.25) is 17.7 Å². The van der Waals surface area contributed by atoms with E-state index < -0.39 is 0 Å². The lowest BCUT2D eigenvalue weighted by molar-refractivity contribution is -0.136. The van der Waals surface area contributed by atoms with Crippen LogP contribution in [0.15, 0.2) is 28.9 Å². The van der Waals surface area contributed by atoms with Gasteiger partial charge < -0.3 is 14.3 Å². The highest BCUT2D eigenvalue weighted by Gasteiger charge is 2.36. The molecule has 0 bridgehead atoms. The lowest BCUT2D eigenvalue weighted by Crippen LogP contribution is -2.37. The molecule has 1 atom stereocenters. The van der Waals surface area contributed by atoms with Crippen molar-refractivity contribution < 1.29 is 14.1 Å². The van der Waals surface area contributed by atoms with Gasteiger partial charge in [-0.05, 0) is 26.0 Å². The number of nitrogens with zero attached hydrogens (tertiary/aromatic N) is 5. The van der Waals surface area contributed by atoms with Crippen LogP contribution >= 0.6 is 0 Å². The molecule has 3 heterocycles. The predicted molar refractivity (Wildman–Crippen MR) is 87.9 cm³/mol. The lowest BCUT2D eigenvalue weighted by Gasteiger charge is -2.22. The third-order valence-electron chi connectivity index (χ3n) is 4.23. The Morgan fingerprint density at radius 1 is 1.44 bits per heavy atom. The second kappa shape index (κ2) is 7.42. The molecule has 2 aromatic heterocycles. The number of aromatic nitrogens is 3. The van der Waals surface area contributed by atoms with Crippen molar-refractivity contribution in [1.82, 2.24) is 24.9 Å². The minimum absolute atomic E-state index is 0.0197. The Labute approximate surface area is 145 Å². The van der Waals surface area contributed by atoms with E-state index in [9.17, 15) is 9.59 Å². The molecule has 2 aromatic rings. The average Bonchev–Trinajstić information content (AvgIpc) is 3.19. The van der Waals surface area contributed by atoms with Gasteiger partial charge in [-0.1, -0.05) is 11.2 Å². The van der Waals surface area contributed by atoms with Crippen LogP contribution in [0.3, 0.4) is 0 Å². The van der Waals surface area contributed by atoms with Crippen LogP contribution in [-0.2, 0) is 22.7 Å². The molecule has 1 aliphatic heterocycles. The van der Waals surface area contributed by atoms with E-state index in [0.29, 0.717) is 31.3 Å². The molecule has 8 heteroatoms. The Morgan fingerprint density at radius 2 is 2.28 bits per heavy atom. The number of carbonyl (C=O) groups excluding carboxylic acids is 2. The molecule has 25 heavy (non-hydrogen) atoms. The van der Waals surface area contributed by atoms with Gasteiger partial charge in [0, 0.05) is 25.7 Å².